The molecule has 5 nitrogen and oxygen atoms in total. The summed E-state index contributed by atoms with van der Waals surface area (Å²) in [6.45, 7) is 4.01. The van der Waals surface area contributed by atoms with Gasteiger partial charge in [-0.2, -0.15) is 0 Å². The lowest BCUT2D eigenvalue weighted by Gasteiger charge is -2.09. The number of aryl methyl sites for hydroxylation is 2. The Hall–Kier alpha value is -3.12. The van der Waals surface area contributed by atoms with E-state index in [1.54, 1.807) is 12.1 Å². The molecule has 2 aromatic carbocycles. The second-order valence-electron chi connectivity index (χ2n) is 7.02. The van der Waals surface area contributed by atoms with Crippen LogP contribution in [0.25, 0.3) is 16.9 Å². The second-order valence-corrected chi connectivity index (χ2v) is 8.74. The Bertz CT molecular complexity index is 1230. The fourth-order valence-electron chi connectivity index (χ4n) is 3.05. The number of rotatable bonds is 5. The number of hydrogen-bond acceptors (Lipinski definition) is 3. The topological polar surface area (TPSA) is 63.5 Å². The summed E-state index contributed by atoms with van der Waals surface area (Å²) in [7, 11) is -3.47. The maximum absolute atomic E-state index is 12.4. The van der Waals surface area contributed by atoms with Crippen molar-refractivity contribution >= 4 is 21.4 Å². The normalized spacial score (nSPS) is 11.6. The van der Waals surface area contributed by atoms with Gasteiger partial charge in [0.25, 0.3) is 0 Å². The van der Waals surface area contributed by atoms with Crippen molar-refractivity contribution in [1.82, 2.24) is 9.38 Å². The quantitative estimate of drug-likeness (QED) is 0.542. The van der Waals surface area contributed by atoms with Gasteiger partial charge in [0.05, 0.1) is 11.4 Å². The first kappa shape index (κ1) is 18.3. The van der Waals surface area contributed by atoms with E-state index >= 15 is 0 Å². The van der Waals surface area contributed by atoms with Crippen LogP contribution in [0.1, 0.15) is 16.7 Å². The maximum atomic E-state index is 12.4. The molecule has 4 rings (SSSR count). The molecule has 0 aliphatic rings. The van der Waals surface area contributed by atoms with Gasteiger partial charge < -0.3 is 4.40 Å². The number of nitrogens with one attached hydrogen (secondary N) is 1. The average molecular weight is 391 g/mol. The van der Waals surface area contributed by atoms with Crippen molar-refractivity contribution < 1.29 is 8.42 Å². The number of aromatic nitrogens is 2. The van der Waals surface area contributed by atoms with Gasteiger partial charge in [-0.05, 0) is 49.2 Å². The molecule has 0 radical (unpaired) electrons. The van der Waals surface area contributed by atoms with Gasteiger partial charge in [0.2, 0.25) is 10.0 Å². The first-order valence-electron chi connectivity index (χ1n) is 9.00. The molecule has 142 valence electrons. The van der Waals surface area contributed by atoms with E-state index in [0.29, 0.717) is 5.69 Å². The Labute approximate surface area is 164 Å². The number of fused-ring (bicyclic) bond motifs is 1. The maximum Gasteiger partial charge on any atom is 0.236 e. The van der Waals surface area contributed by atoms with Crippen LogP contribution in [-0.2, 0) is 15.8 Å². The molecular weight excluding hydrogens is 370 g/mol. The number of nitrogens with zero attached hydrogens (tertiary/aromatic N) is 2. The van der Waals surface area contributed by atoms with Crippen molar-refractivity contribution in [3.05, 3.63) is 89.7 Å². The van der Waals surface area contributed by atoms with Gasteiger partial charge in [0.1, 0.15) is 5.65 Å². The fraction of sp³-hybridized carbons (Fsp3) is 0.136. The fourth-order valence-corrected chi connectivity index (χ4v) is 4.25. The van der Waals surface area contributed by atoms with Crippen LogP contribution in [0, 0.1) is 13.8 Å². The predicted molar refractivity (Wildman–Crippen MR) is 113 cm³/mol. The Balaban J connectivity index is 1.51. The van der Waals surface area contributed by atoms with Crippen LogP contribution in [0.2, 0.25) is 0 Å². The summed E-state index contributed by atoms with van der Waals surface area (Å²) in [5.41, 5.74) is 6.22. The standard InChI is InChI=1S/C22H21N3O2S/c1-16-3-5-18(6-4-16)15-28(26,27)24-20-9-7-19(8-10-20)21-14-25-12-11-17(2)13-22(25)23-21/h3-14,24H,15H2,1-2H3. The molecule has 0 unspecified atom stereocenters. The molecule has 1 N–H and O–H groups in total. The third-order valence-electron chi connectivity index (χ3n) is 4.55. The highest BCUT2D eigenvalue weighted by atomic mass is 32.2. The van der Waals surface area contributed by atoms with E-state index in [0.717, 1.165) is 33.6 Å². The van der Waals surface area contributed by atoms with Crippen molar-refractivity contribution in [1.29, 1.82) is 0 Å². The van der Waals surface area contributed by atoms with Crippen LogP contribution in [0.4, 0.5) is 5.69 Å². The molecule has 4 aromatic rings. The van der Waals surface area contributed by atoms with Gasteiger partial charge in [-0.25, -0.2) is 13.4 Å². The summed E-state index contributed by atoms with van der Waals surface area (Å²) >= 11 is 0. The minimum atomic E-state index is -3.47. The van der Waals surface area contributed by atoms with Crippen LogP contribution in [0.3, 0.4) is 0 Å². The van der Waals surface area contributed by atoms with E-state index in [1.807, 2.05) is 79.2 Å². The molecule has 2 aromatic heterocycles. The van der Waals surface area contributed by atoms with Crippen molar-refractivity contribution in [2.75, 3.05) is 4.72 Å². The van der Waals surface area contributed by atoms with Crippen LogP contribution >= 0.6 is 0 Å². The third kappa shape index (κ3) is 4.07. The monoisotopic (exact) mass is 391 g/mol. The molecule has 28 heavy (non-hydrogen) atoms. The summed E-state index contributed by atoms with van der Waals surface area (Å²) < 4.78 is 29.5. The average Bonchev–Trinajstić information content (AvgIpc) is 3.07. The number of sulfonamides is 1. The van der Waals surface area contributed by atoms with Crippen LogP contribution in [0.15, 0.2) is 73.1 Å². The van der Waals surface area contributed by atoms with Crippen LogP contribution in [0.5, 0.6) is 0 Å². The molecule has 2 heterocycles. The minimum Gasteiger partial charge on any atom is -0.306 e. The molecule has 0 saturated carbocycles. The molecule has 0 spiro atoms. The van der Waals surface area contributed by atoms with Gasteiger partial charge in [-0.1, -0.05) is 42.0 Å². The van der Waals surface area contributed by atoms with Crippen molar-refractivity contribution in [3.8, 4) is 11.3 Å². The van der Waals surface area contributed by atoms with Gasteiger partial charge in [0.15, 0.2) is 0 Å². The summed E-state index contributed by atoms with van der Waals surface area (Å²) in [6, 6.07) is 18.8. The van der Waals surface area contributed by atoms with Gasteiger partial charge >= 0.3 is 0 Å². The lowest BCUT2D eigenvalue weighted by atomic mass is 10.1. The number of hydrogen-bond donors (Lipinski definition) is 1. The molecule has 0 aliphatic heterocycles. The van der Waals surface area contributed by atoms with E-state index in [1.165, 1.54) is 0 Å². The summed E-state index contributed by atoms with van der Waals surface area (Å²) in [5.74, 6) is -0.0547. The smallest absolute Gasteiger partial charge is 0.236 e. The van der Waals surface area contributed by atoms with Crippen LogP contribution in [-0.4, -0.2) is 17.8 Å². The molecule has 0 amide bonds. The molecule has 0 saturated heterocycles. The lowest BCUT2D eigenvalue weighted by Crippen LogP contribution is -2.15. The van der Waals surface area contributed by atoms with Gasteiger partial charge in [-0.3, -0.25) is 4.72 Å². The zero-order chi connectivity index (χ0) is 19.7. The van der Waals surface area contributed by atoms with Crippen molar-refractivity contribution in [2.24, 2.45) is 0 Å². The number of anilines is 1. The lowest BCUT2D eigenvalue weighted by molar-refractivity contribution is 0.600. The summed E-state index contributed by atoms with van der Waals surface area (Å²) in [4.78, 5) is 4.64. The molecule has 0 atom stereocenters. The first-order chi connectivity index (χ1) is 13.4. The molecule has 0 fully saturated rings. The Kier molecular flexibility index (Phi) is 4.65. The van der Waals surface area contributed by atoms with E-state index < -0.39 is 10.0 Å². The van der Waals surface area contributed by atoms with E-state index in [4.69, 9.17) is 0 Å². The largest absolute Gasteiger partial charge is 0.306 e. The van der Waals surface area contributed by atoms with E-state index in [-0.39, 0.29) is 5.75 Å². The minimum absolute atomic E-state index is 0.0547. The Morgan fingerprint density at radius 1 is 0.929 bits per heavy atom. The van der Waals surface area contributed by atoms with Crippen LogP contribution < -0.4 is 4.72 Å². The molecular formula is C22H21N3O2S. The van der Waals surface area contributed by atoms with E-state index in [2.05, 4.69) is 9.71 Å². The zero-order valence-electron chi connectivity index (χ0n) is 15.8. The molecule has 0 aliphatic carbocycles. The summed E-state index contributed by atoms with van der Waals surface area (Å²) in [5, 5.41) is 0. The van der Waals surface area contributed by atoms with Gasteiger partial charge in [0, 0.05) is 23.6 Å². The van der Waals surface area contributed by atoms with E-state index in [9.17, 15) is 8.42 Å². The molecule has 0 bridgehead atoms. The summed E-state index contributed by atoms with van der Waals surface area (Å²) in [6.07, 6.45) is 3.94. The number of pyridine rings is 1. The SMILES string of the molecule is Cc1ccc(CS(=O)(=O)Nc2ccc(-c3cn4ccc(C)cc4n3)cc2)cc1. The highest BCUT2D eigenvalue weighted by Gasteiger charge is 2.12. The Morgan fingerprint density at radius 3 is 2.36 bits per heavy atom. The number of imidazole rings is 1. The second kappa shape index (κ2) is 7.13. The highest BCUT2D eigenvalue weighted by Crippen LogP contribution is 2.22. The predicted octanol–water partition coefficient (Wildman–Crippen LogP) is 4.56. The zero-order valence-corrected chi connectivity index (χ0v) is 16.6. The highest BCUT2D eigenvalue weighted by molar-refractivity contribution is 7.91. The number of benzene rings is 2. The third-order valence-corrected chi connectivity index (χ3v) is 5.81. The van der Waals surface area contributed by atoms with Crippen molar-refractivity contribution in [2.45, 2.75) is 19.6 Å². The molecule has 6 heteroatoms. The first-order valence-corrected chi connectivity index (χ1v) is 10.6. The van der Waals surface area contributed by atoms with Crippen molar-refractivity contribution in [3.63, 3.8) is 0 Å². The van der Waals surface area contributed by atoms with Gasteiger partial charge in [-0.15, -0.1) is 0 Å². The Morgan fingerprint density at radius 2 is 1.64 bits per heavy atom.